The van der Waals surface area contributed by atoms with Crippen LogP contribution in [0.2, 0.25) is 0 Å². The van der Waals surface area contributed by atoms with Crippen molar-refractivity contribution in [3.8, 4) is 5.82 Å². The van der Waals surface area contributed by atoms with Gasteiger partial charge in [0.15, 0.2) is 11.6 Å². The average Bonchev–Trinajstić information content (AvgIpc) is 3.05. The van der Waals surface area contributed by atoms with Crippen LogP contribution in [-0.2, 0) is 0 Å². The Kier molecular flexibility index (Phi) is 6.03. The molecule has 0 fully saturated rings. The number of benzene rings is 2. The summed E-state index contributed by atoms with van der Waals surface area (Å²) in [4.78, 5) is 12.2. The van der Waals surface area contributed by atoms with Crippen LogP contribution < -0.4 is 16.0 Å². The summed E-state index contributed by atoms with van der Waals surface area (Å²) in [5.41, 5.74) is 5.40. The van der Waals surface area contributed by atoms with Gasteiger partial charge in [-0.25, -0.2) is 13.9 Å². The lowest BCUT2D eigenvalue weighted by molar-refractivity contribution is 0.262. The summed E-state index contributed by atoms with van der Waals surface area (Å²) in [7, 11) is 0. The Morgan fingerprint density at radius 1 is 0.848 bits per heavy atom. The Balaban J connectivity index is 1.36. The van der Waals surface area contributed by atoms with E-state index in [-0.39, 0.29) is 5.82 Å². The van der Waals surface area contributed by atoms with E-state index < -0.39 is 6.03 Å². The van der Waals surface area contributed by atoms with Crippen LogP contribution in [0, 0.1) is 33.5 Å². The zero-order valence-corrected chi connectivity index (χ0v) is 18.8. The van der Waals surface area contributed by atoms with Gasteiger partial charge in [-0.3, -0.25) is 0 Å². The number of amides is 2. The van der Waals surface area contributed by atoms with Crippen LogP contribution in [-0.4, -0.2) is 26.0 Å². The molecule has 2 heterocycles. The summed E-state index contributed by atoms with van der Waals surface area (Å²) in [6, 6.07) is 14.9. The van der Waals surface area contributed by atoms with E-state index >= 15 is 0 Å². The number of nitrogens with one attached hydrogen (secondary N) is 3. The monoisotopic (exact) mass is 445 g/mol. The molecule has 0 atom stereocenters. The molecule has 0 spiro atoms. The second-order valence-electron chi connectivity index (χ2n) is 7.73. The fourth-order valence-electron chi connectivity index (χ4n) is 3.20. The number of hydrogen-bond donors (Lipinski definition) is 3. The van der Waals surface area contributed by atoms with Gasteiger partial charge in [-0.15, -0.1) is 10.2 Å². The number of aryl methyl sites for hydroxylation is 2. The normalized spacial score (nSPS) is 10.7. The molecule has 0 radical (unpaired) electrons. The highest BCUT2D eigenvalue weighted by atomic mass is 19.1. The topological polar surface area (TPSA) is 96.8 Å². The van der Waals surface area contributed by atoms with Gasteiger partial charge in [-0.1, -0.05) is 6.07 Å². The van der Waals surface area contributed by atoms with Gasteiger partial charge in [0.05, 0.1) is 5.69 Å². The SMILES string of the molecule is Cc1ccc(NC(=O)Nc2ccc(Nc3ccc(-n4nc(C)c(C)c4C)nn3)cc2)cc1F. The van der Waals surface area contributed by atoms with Gasteiger partial charge < -0.3 is 16.0 Å². The van der Waals surface area contributed by atoms with Gasteiger partial charge in [0.25, 0.3) is 0 Å². The van der Waals surface area contributed by atoms with Crippen LogP contribution in [0.4, 0.5) is 32.1 Å². The van der Waals surface area contributed by atoms with Gasteiger partial charge in [0.1, 0.15) is 5.82 Å². The quantitative estimate of drug-likeness (QED) is 0.381. The van der Waals surface area contributed by atoms with Crippen LogP contribution in [0.25, 0.3) is 5.82 Å². The molecule has 0 aliphatic heterocycles. The Hall–Kier alpha value is -4.27. The molecule has 8 nitrogen and oxygen atoms in total. The lowest BCUT2D eigenvalue weighted by atomic mass is 10.2. The first-order chi connectivity index (χ1) is 15.8. The van der Waals surface area contributed by atoms with Crippen molar-refractivity contribution in [1.29, 1.82) is 0 Å². The maximum Gasteiger partial charge on any atom is 0.323 e. The minimum absolute atomic E-state index is 0.371. The number of rotatable bonds is 5. The summed E-state index contributed by atoms with van der Waals surface area (Å²) in [6.07, 6.45) is 0. The number of carbonyl (C=O) groups is 1. The predicted octanol–water partition coefficient (Wildman–Crippen LogP) is 5.42. The van der Waals surface area contributed by atoms with Crippen molar-refractivity contribution in [2.45, 2.75) is 27.7 Å². The number of urea groups is 1. The van der Waals surface area contributed by atoms with Crippen molar-refractivity contribution in [2.75, 3.05) is 16.0 Å². The van der Waals surface area contributed by atoms with Gasteiger partial charge >= 0.3 is 6.03 Å². The molecule has 4 rings (SSSR count). The van der Waals surface area contributed by atoms with Gasteiger partial charge in [-0.2, -0.15) is 5.10 Å². The van der Waals surface area contributed by atoms with Crippen LogP contribution in [0.5, 0.6) is 0 Å². The van der Waals surface area contributed by atoms with Crippen LogP contribution >= 0.6 is 0 Å². The second-order valence-corrected chi connectivity index (χ2v) is 7.73. The van der Waals surface area contributed by atoms with Gasteiger partial charge in [0, 0.05) is 22.8 Å². The van der Waals surface area contributed by atoms with E-state index in [1.54, 1.807) is 48.0 Å². The first kappa shape index (κ1) is 21.9. The van der Waals surface area contributed by atoms with Crippen molar-refractivity contribution >= 4 is 28.9 Å². The lowest BCUT2D eigenvalue weighted by Gasteiger charge is -2.10. The van der Waals surface area contributed by atoms with Crippen molar-refractivity contribution in [3.63, 3.8) is 0 Å². The molecular weight excluding hydrogens is 421 g/mol. The van der Waals surface area contributed by atoms with Crippen molar-refractivity contribution < 1.29 is 9.18 Å². The smallest absolute Gasteiger partial charge is 0.323 e. The Bertz CT molecular complexity index is 1300. The first-order valence-electron chi connectivity index (χ1n) is 10.4. The number of hydrogen-bond acceptors (Lipinski definition) is 5. The van der Waals surface area contributed by atoms with E-state index in [0.717, 1.165) is 22.6 Å². The molecule has 0 saturated carbocycles. The fraction of sp³-hybridized carbons (Fsp3) is 0.167. The Morgan fingerprint density at radius 3 is 2.12 bits per heavy atom. The second kappa shape index (κ2) is 9.07. The molecule has 0 unspecified atom stereocenters. The van der Waals surface area contributed by atoms with Crippen molar-refractivity contribution in [3.05, 3.63) is 82.9 Å². The highest BCUT2D eigenvalue weighted by Gasteiger charge is 2.10. The van der Waals surface area contributed by atoms with E-state index in [2.05, 4.69) is 31.2 Å². The Labute approximate surface area is 190 Å². The highest BCUT2D eigenvalue weighted by Crippen LogP contribution is 2.20. The van der Waals surface area contributed by atoms with E-state index in [4.69, 9.17) is 0 Å². The lowest BCUT2D eigenvalue weighted by Crippen LogP contribution is -2.19. The molecule has 2 amide bonds. The zero-order valence-electron chi connectivity index (χ0n) is 18.8. The summed E-state index contributed by atoms with van der Waals surface area (Å²) in [6.45, 7) is 7.66. The minimum Gasteiger partial charge on any atom is -0.339 e. The largest absolute Gasteiger partial charge is 0.339 e. The molecule has 33 heavy (non-hydrogen) atoms. The number of aromatic nitrogens is 4. The molecular formula is C24H24FN7O. The number of halogens is 1. The summed E-state index contributed by atoms with van der Waals surface area (Å²) in [5.74, 6) is 0.856. The molecule has 2 aromatic carbocycles. The third-order valence-electron chi connectivity index (χ3n) is 5.37. The van der Waals surface area contributed by atoms with Crippen LogP contribution in [0.15, 0.2) is 54.6 Å². The summed E-state index contributed by atoms with van der Waals surface area (Å²) >= 11 is 0. The van der Waals surface area contributed by atoms with E-state index in [1.165, 1.54) is 6.07 Å². The summed E-state index contributed by atoms with van der Waals surface area (Å²) in [5, 5.41) is 21.5. The molecule has 9 heteroatoms. The van der Waals surface area contributed by atoms with E-state index in [1.807, 2.05) is 32.9 Å². The number of anilines is 4. The molecule has 0 bridgehead atoms. The van der Waals surface area contributed by atoms with Crippen molar-refractivity contribution in [2.24, 2.45) is 0 Å². The standard InChI is InChI=1S/C24H24FN7O/c1-14-5-6-20(13-21(14)25)28-24(33)27-19-9-7-18(8-10-19)26-22-11-12-23(30-29-22)32-17(4)15(2)16(3)31-32/h5-13H,1-4H3,(H,26,29)(H2,27,28,33). The molecule has 2 aromatic heterocycles. The maximum absolute atomic E-state index is 13.6. The summed E-state index contributed by atoms with van der Waals surface area (Å²) < 4.78 is 15.4. The molecule has 3 N–H and O–H groups in total. The van der Waals surface area contributed by atoms with Gasteiger partial charge in [-0.05, 0) is 87.4 Å². The van der Waals surface area contributed by atoms with Gasteiger partial charge in [0.2, 0.25) is 0 Å². The van der Waals surface area contributed by atoms with Crippen molar-refractivity contribution in [1.82, 2.24) is 20.0 Å². The third kappa shape index (κ3) is 4.98. The van der Waals surface area contributed by atoms with Crippen LogP contribution in [0.3, 0.4) is 0 Å². The average molecular weight is 446 g/mol. The molecule has 0 saturated heterocycles. The predicted molar refractivity (Wildman–Crippen MR) is 127 cm³/mol. The molecule has 0 aliphatic rings. The molecule has 168 valence electrons. The highest BCUT2D eigenvalue weighted by molar-refractivity contribution is 5.99. The molecule has 0 aliphatic carbocycles. The third-order valence-corrected chi connectivity index (χ3v) is 5.37. The Morgan fingerprint density at radius 2 is 1.52 bits per heavy atom. The zero-order chi connectivity index (χ0) is 23.5. The van der Waals surface area contributed by atoms with E-state index in [9.17, 15) is 9.18 Å². The fourth-order valence-corrected chi connectivity index (χ4v) is 3.20. The van der Waals surface area contributed by atoms with Crippen LogP contribution in [0.1, 0.15) is 22.5 Å². The first-order valence-corrected chi connectivity index (χ1v) is 10.4. The maximum atomic E-state index is 13.6. The van der Waals surface area contributed by atoms with E-state index in [0.29, 0.717) is 28.6 Å². The number of nitrogens with zero attached hydrogens (tertiary/aromatic N) is 4. The molecule has 4 aromatic rings. The minimum atomic E-state index is -0.459. The number of carbonyl (C=O) groups excluding carboxylic acids is 1.